The van der Waals surface area contributed by atoms with E-state index in [0.29, 0.717) is 24.0 Å². The first-order valence-corrected chi connectivity index (χ1v) is 7.18. The third-order valence-electron chi connectivity index (χ3n) is 3.96. The van der Waals surface area contributed by atoms with Crippen LogP contribution in [0.5, 0.6) is 0 Å². The van der Waals surface area contributed by atoms with Crippen molar-refractivity contribution in [2.24, 2.45) is 11.7 Å². The molecule has 112 valence electrons. The van der Waals surface area contributed by atoms with Crippen LogP contribution in [0.15, 0.2) is 0 Å². The zero-order valence-electron chi connectivity index (χ0n) is 12.4. The summed E-state index contributed by atoms with van der Waals surface area (Å²) in [5, 5.41) is 15.7. The largest absolute Gasteiger partial charge is 0.351 e. The number of anilines is 1. The highest BCUT2D eigenvalue weighted by atomic mass is 16.6. The minimum Gasteiger partial charge on any atom is -0.351 e. The highest BCUT2D eigenvalue weighted by molar-refractivity contribution is 5.61. The second kappa shape index (κ2) is 5.78. The van der Waals surface area contributed by atoms with Crippen molar-refractivity contribution in [3.8, 4) is 0 Å². The Morgan fingerprint density at radius 3 is 2.80 bits per heavy atom. The average molecular weight is 281 g/mol. The summed E-state index contributed by atoms with van der Waals surface area (Å²) < 4.78 is 1.77. The molecule has 20 heavy (non-hydrogen) atoms. The zero-order valence-corrected chi connectivity index (χ0v) is 12.4. The third-order valence-corrected chi connectivity index (χ3v) is 3.96. The average Bonchev–Trinajstić information content (AvgIpc) is 2.70. The SMILES string of the molecule is CCCn1nc(C)c([N+](=O)[O-])c1N1CCC(N)C(C)C1. The number of hydrogen-bond donors (Lipinski definition) is 1. The van der Waals surface area contributed by atoms with Crippen LogP contribution in [0.1, 0.15) is 32.4 Å². The van der Waals surface area contributed by atoms with Crippen LogP contribution in [0, 0.1) is 23.0 Å². The van der Waals surface area contributed by atoms with Crippen molar-refractivity contribution in [1.29, 1.82) is 0 Å². The van der Waals surface area contributed by atoms with Crippen molar-refractivity contribution in [2.75, 3.05) is 18.0 Å². The molecule has 1 aromatic heterocycles. The predicted octanol–water partition coefficient (Wildman–Crippen LogP) is 1.68. The van der Waals surface area contributed by atoms with Gasteiger partial charge < -0.3 is 10.6 Å². The van der Waals surface area contributed by atoms with Gasteiger partial charge in [0.05, 0.1) is 4.92 Å². The molecule has 0 spiro atoms. The number of nitrogens with two attached hydrogens (primary N) is 1. The van der Waals surface area contributed by atoms with Crippen molar-refractivity contribution < 1.29 is 4.92 Å². The molecular formula is C13H23N5O2. The molecule has 0 aliphatic carbocycles. The molecule has 1 saturated heterocycles. The van der Waals surface area contributed by atoms with E-state index in [2.05, 4.69) is 16.9 Å². The molecule has 0 bridgehead atoms. The van der Waals surface area contributed by atoms with Crippen molar-refractivity contribution in [3.63, 3.8) is 0 Å². The molecule has 1 fully saturated rings. The molecule has 0 saturated carbocycles. The Labute approximate surface area is 118 Å². The van der Waals surface area contributed by atoms with Gasteiger partial charge in [-0.15, -0.1) is 0 Å². The Morgan fingerprint density at radius 1 is 1.55 bits per heavy atom. The van der Waals surface area contributed by atoms with Crippen molar-refractivity contribution >= 4 is 11.5 Å². The van der Waals surface area contributed by atoms with Gasteiger partial charge in [0.25, 0.3) is 0 Å². The van der Waals surface area contributed by atoms with Crippen LogP contribution in [0.25, 0.3) is 0 Å². The lowest BCUT2D eigenvalue weighted by Gasteiger charge is -2.36. The second-order valence-corrected chi connectivity index (χ2v) is 5.61. The summed E-state index contributed by atoms with van der Waals surface area (Å²) in [6.07, 6.45) is 1.75. The summed E-state index contributed by atoms with van der Waals surface area (Å²) in [6.45, 7) is 8.03. The van der Waals surface area contributed by atoms with E-state index in [1.807, 2.05) is 6.92 Å². The van der Waals surface area contributed by atoms with Crippen LogP contribution in [-0.2, 0) is 6.54 Å². The molecule has 2 atom stereocenters. The lowest BCUT2D eigenvalue weighted by atomic mass is 9.95. The number of aryl methyl sites for hydroxylation is 2. The first-order valence-electron chi connectivity index (χ1n) is 7.18. The number of nitrogens with zero attached hydrogens (tertiary/aromatic N) is 4. The second-order valence-electron chi connectivity index (χ2n) is 5.61. The maximum absolute atomic E-state index is 11.3. The Kier molecular flexibility index (Phi) is 4.27. The predicted molar refractivity (Wildman–Crippen MR) is 77.9 cm³/mol. The maximum atomic E-state index is 11.3. The number of piperidine rings is 1. The van der Waals surface area contributed by atoms with Gasteiger partial charge in [-0.25, -0.2) is 4.68 Å². The van der Waals surface area contributed by atoms with Gasteiger partial charge in [-0.3, -0.25) is 10.1 Å². The van der Waals surface area contributed by atoms with E-state index in [1.165, 1.54) is 0 Å². The minimum atomic E-state index is -0.316. The van der Waals surface area contributed by atoms with E-state index in [1.54, 1.807) is 11.6 Å². The molecule has 1 aromatic rings. The topological polar surface area (TPSA) is 90.2 Å². The van der Waals surface area contributed by atoms with Gasteiger partial charge in [-0.2, -0.15) is 5.10 Å². The van der Waals surface area contributed by atoms with Gasteiger partial charge in [-0.05, 0) is 25.7 Å². The molecule has 2 unspecified atom stereocenters. The Morgan fingerprint density at radius 2 is 2.25 bits per heavy atom. The number of aromatic nitrogens is 2. The standard InChI is InChI=1S/C13H23N5O2/c1-4-6-17-13(12(18(19)20)10(3)15-17)16-7-5-11(14)9(2)8-16/h9,11H,4-8,14H2,1-3H3. The molecule has 0 aromatic carbocycles. The quantitative estimate of drug-likeness (QED) is 0.670. The van der Waals surface area contributed by atoms with Crippen LogP contribution in [0.2, 0.25) is 0 Å². The molecule has 2 N–H and O–H groups in total. The fourth-order valence-electron chi connectivity index (χ4n) is 2.81. The van der Waals surface area contributed by atoms with E-state index >= 15 is 0 Å². The first kappa shape index (κ1) is 14.8. The Hall–Kier alpha value is -1.63. The lowest BCUT2D eigenvalue weighted by molar-refractivity contribution is -0.384. The summed E-state index contributed by atoms with van der Waals surface area (Å²) in [4.78, 5) is 13.1. The first-order chi connectivity index (χ1) is 9.45. The fourth-order valence-corrected chi connectivity index (χ4v) is 2.81. The van der Waals surface area contributed by atoms with Gasteiger partial charge in [0.1, 0.15) is 5.69 Å². The van der Waals surface area contributed by atoms with Gasteiger partial charge in [0.2, 0.25) is 5.82 Å². The Bertz CT molecular complexity index is 499. The molecule has 1 aliphatic heterocycles. The van der Waals surface area contributed by atoms with E-state index in [4.69, 9.17) is 5.73 Å². The van der Waals surface area contributed by atoms with Gasteiger partial charge >= 0.3 is 5.69 Å². The van der Waals surface area contributed by atoms with Crippen LogP contribution >= 0.6 is 0 Å². The summed E-state index contributed by atoms with van der Waals surface area (Å²) in [5.41, 5.74) is 6.66. The third kappa shape index (κ3) is 2.63. The van der Waals surface area contributed by atoms with E-state index in [0.717, 1.165) is 25.9 Å². The minimum absolute atomic E-state index is 0.140. The van der Waals surface area contributed by atoms with Crippen molar-refractivity contribution in [1.82, 2.24) is 9.78 Å². The zero-order chi connectivity index (χ0) is 14.9. The molecule has 7 nitrogen and oxygen atoms in total. The number of rotatable bonds is 4. The van der Waals surface area contributed by atoms with Crippen LogP contribution in [0.4, 0.5) is 11.5 Å². The van der Waals surface area contributed by atoms with Crippen LogP contribution in [-0.4, -0.2) is 33.8 Å². The molecule has 7 heteroatoms. The molecule has 2 heterocycles. The molecular weight excluding hydrogens is 258 g/mol. The van der Waals surface area contributed by atoms with E-state index in [-0.39, 0.29) is 16.7 Å². The smallest absolute Gasteiger partial charge is 0.333 e. The van der Waals surface area contributed by atoms with Crippen LogP contribution < -0.4 is 10.6 Å². The Balaban J connectivity index is 2.40. The van der Waals surface area contributed by atoms with E-state index < -0.39 is 0 Å². The molecule has 1 aliphatic rings. The van der Waals surface area contributed by atoms with Gasteiger partial charge in [0.15, 0.2) is 0 Å². The van der Waals surface area contributed by atoms with E-state index in [9.17, 15) is 10.1 Å². The molecule has 0 amide bonds. The normalized spacial score (nSPS) is 23.1. The monoisotopic (exact) mass is 281 g/mol. The maximum Gasteiger partial charge on any atom is 0.333 e. The van der Waals surface area contributed by atoms with Gasteiger partial charge in [-0.1, -0.05) is 13.8 Å². The van der Waals surface area contributed by atoms with Crippen LogP contribution in [0.3, 0.4) is 0 Å². The summed E-state index contributed by atoms with van der Waals surface area (Å²) in [7, 11) is 0. The highest BCUT2D eigenvalue weighted by Gasteiger charge is 2.33. The fraction of sp³-hybridized carbons (Fsp3) is 0.769. The number of hydrogen-bond acceptors (Lipinski definition) is 5. The summed E-state index contributed by atoms with van der Waals surface area (Å²) in [5.74, 6) is 0.974. The summed E-state index contributed by atoms with van der Waals surface area (Å²) >= 11 is 0. The van der Waals surface area contributed by atoms with Gasteiger partial charge in [0, 0.05) is 25.7 Å². The lowest BCUT2D eigenvalue weighted by Crippen LogP contribution is -2.46. The van der Waals surface area contributed by atoms with Crippen molar-refractivity contribution in [3.05, 3.63) is 15.8 Å². The molecule has 2 rings (SSSR count). The molecule has 0 radical (unpaired) electrons. The summed E-state index contributed by atoms with van der Waals surface area (Å²) in [6, 6.07) is 0.175. The van der Waals surface area contributed by atoms with Crippen molar-refractivity contribution in [2.45, 2.75) is 46.2 Å². The highest BCUT2D eigenvalue weighted by Crippen LogP contribution is 2.34. The number of nitro groups is 1.